The van der Waals surface area contributed by atoms with Gasteiger partial charge in [0.25, 0.3) is 5.91 Å². The monoisotopic (exact) mass is 259 g/mol. The number of nitrogens with one attached hydrogen (secondary N) is 1. The van der Waals surface area contributed by atoms with Crippen molar-refractivity contribution in [3.8, 4) is 0 Å². The molecule has 0 saturated carbocycles. The van der Waals surface area contributed by atoms with Crippen LogP contribution < -0.4 is 11.1 Å². The van der Waals surface area contributed by atoms with E-state index in [4.69, 9.17) is 10.2 Å². The van der Waals surface area contributed by atoms with Crippen molar-refractivity contribution in [3.05, 3.63) is 53.2 Å². The van der Waals surface area contributed by atoms with Crippen molar-refractivity contribution in [2.24, 2.45) is 5.73 Å². The third kappa shape index (κ3) is 3.66. The molecule has 0 aliphatic carbocycles. The number of benzene rings is 1. The Hall–Kier alpha value is -2.14. The first-order valence-corrected chi connectivity index (χ1v) is 6.17. The van der Waals surface area contributed by atoms with Crippen LogP contribution in [0.15, 0.2) is 34.9 Å². The molecular formula is C14H17N3O2. The van der Waals surface area contributed by atoms with E-state index >= 15 is 0 Å². The second-order valence-electron chi connectivity index (χ2n) is 4.34. The van der Waals surface area contributed by atoms with Gasteiger partial charge in [-0.25, -0.2) is 4.98 Å². The predicted molar refractivity (Wildman–Crippen MR) is 71.6 cm³/mol. The number of aromatic nitrogens is 1. The lowest BCUT2D eigenvalue weighted by atomic mass is 10.1. The van der Waals surface area contributed by atoms with E-state index in [0.717, 1.165) is 5.56 Å². The van der Waals surface area contributed by atoms with Crippen molar-refractivity contribution in [3.63, 3.8) is 0 Å². The minimum atomic E-state index is -0.242. The number of hydrogen-bond donors (Lipinski definition) is 2. The predicted octanol–water partition coefficient (Wildman–Crippen LogP) is 1.41. The van der Waals surface area contributed by atoms with Gasteiger partial charge in [0.15, 0.2) is 11.6 Å². The molecule has 0 aliphatic rings. The minimum Gasteiger partial charge on any atom is -0.448 e. The second kappa shape index (κ2) is 6.15. The van der Waals surface area contributed by atoms with Gasteiger partial charge in [-0.15, -0.1) is 0 Å². The fourth-order valence-corrected chi connectivity index (χ4v) is 1.75. The smallest absolute Gasteiger partial charge is 0.273 e. The van der Waals surface area contributed by atoms with Crippen LogP contribution in [0.25, 0.3) is 0 Å². The standard InChI is InChI=1S/C14H17N3O2/c1-10-3-2-4-11(7-10)8-16-14(18)12-9-19-13(17-12)5-6-15/h2-4,7,9H,5-6,8,15H2,1H3,(H,16,18). The van der Waals surface area contributed by atoms with E-state index in [1.165, 1.54) is 11.8 Å². The van der Waals surface area contributed by atoms with E-state index in [9.17, 15) is 4.79 Å². The first kappa shape index (κ1) is 13.3. The summed E-state index contributed by atoms with van der Waals surface area (Å²) in [6.45, 7) is 2.94. The number of rotatable bonds is 5. The molecule has 1 amide bonds. The molecule has 2 aromatic rings. The molecule has 2 rings (SSSR count). The van der Waals surface area contributed by atoms with Gasteiger partial charge < -0.3 is 15.5 Å². The molecule has 5 heteroatoms. The molecule has 0 spiro atoms. The van der Waals surface area contributed by atoms with Gasteiger partial charge in [-0.3, -0.25) is 4.79 Å². The molecular weight excluding hydrogens is 242 g/mol. The molecule has 1 aromatic carbocycles. The Labute approximate surface area is 111 Å². The van der Waals surface area contributed by atoms with Crippen LogP contribution in [0.5, 0.6) is 0 Å². The zero-order chi connectivity index (χ0) is 13.7. The van der Waals surface area contributed by atoms with Crippen molar-refractivity contribution in [2.45, 2.75) is 19.9 Å². The highest BCUT2D eigenvalue weighted by atomic mass is 16.3. The zero-order valence-electron chi connectivity index (χ0n) is 10.8. The molecule has 0 fully saturated rings. The molecule has 1 aromatic heterocycles. The van der Waals surface area contributed by atoms with Crippen LogP contribution in [0.1, 0.15) is 27.5 Å². The summed E-state index contributed by atoms with van der Waals surface area (Å²) in [6, 6.07) is 7.98. The molecule has 0 aliphatic heterocycles. The number of oxazole rings is 1. The van der Waals surface area contributed by atoms with Gasteiger partial charge in [-0.1, -0.05) is 29.8 Å². The van der Waals surface area contributed by atoms with Crippen molar-refractivity contribution in [1.29, 1.82) is 0 Å². The molecule has 0 saturated heterocycles. The zero-order valence-corrected chi connectivity index (χ0v) is 10.8. The van der Waals surface area contributed by atoms with E-state index < -0.39 is 0 Å². The van der Waals surface area contributed by atoms with Crippen molar-refractivity contribution >= 4 is 5.91 Å². The number of nitrogens with two attached hydrogens (primary N) is 1. The Morgan fingerprint density at radius 2 is 2.32 bits per heavy atom. The van der Waals surface area contributed by atoms with E-state index in [1.807, 2.05) is 31.2 Å². The molecule has 100 valence electrons. The fourth-order valence-electron chi connectivity index (χ4n) is 1.75. The van der Waals surface area contributed by atoms with Gasteiger partial charge >= 0.3 is 0 Å². The highest BCUT2D eigenvalue weighted by Crippen LogP contribution is 2.05. The van der Waals surface area contributed by atoms with E-state index in [-0.39, 0.29) is 11.6 Å². The number of aryl methyl sites for hydroxylation is 1. The van der Waals surface area contributed by atoms with Crippen LogP contribution in [0.4, 0.5) is 0 Å². The summed E-state index contributed by atoms with van der Waals surface area (Å²) in [5.74, 6) is 0.247. The number of hydrogen-bond acceptors (Lipinski definition) is 4. The Kier molecular flexibility index (Phi) is 4.30. The van der Waals surface area contributed by atoms with Gasteiger partial charge in [-0.2, -0.15) is 0 Å². The summed E-state index contributed by atoms with van der Waals surface area (Å²) >= 11 is 0. The third-order valence-electron chi connectivity index (χ3n) is 2.68. The third-order valence-corrected chi connectivity index (χ3v) is 2.68. The van der Waals surface area contributed by atoms with Crippen LogP contribution >= 0.6 is 0 Å². The minimum absolute atomic E-state index is 0.242. The second-order valence-corrected chi connectivity index (χ2v) is 4.34. The van der Waals surface area contributed by atoms with Crippen molar-refractivity contribution in [2.75, 3.05) is 6.54 Å². The number of nitrogens with zero attached hydrogens (tertiary/aromatic N) is 1. The van der Waals surface area contributed by atoms with Crippen LogP contribution in [0.2, 0.25) is 0 Å². The fraction of sp³-hybridized carbons (Fsp3) is 0.286. The molecule has 0 atom stereocenters. The first-order chi connectivity index (χ1) is 9.19. The summed E-state index contributed by atoms with van der Waals surface area (Å²) in [7, 11) is 0. The van der Waals surface area contributed by atoms with Gasteiger partial charge in [0.05, 0.1) is 0 Å². The van der Waals surface area contributed by atoms with Gasteiger partial charge in [0.2, 0.25) is 0 Å². The summed E-state index contributed by atoms with van der Waals surface area (Å²) < 4.78 is 5.15. The molecule has 1 heterocycles. The van der Waals surface area contributed by atoms with Crippen LogP contribution in [-0.4, -0.2) is 17.4 Å². The average molecular weight is 259 g/mol. The molecule has 0 unspecified atom stereocenters. The lowest BCUT2D eigenvalue weighted by molar-refractivity contribution is 0.0946. The van der Waals surface area contributed by atoms with Crippen LogP contribution in [-0.2, 0) is 13.0 Å². The van der Waals surface area contributed by atoms with Gasteiger partial charge in [-0.05, 0) is 12.5 Å². The Morgan fingerprint density at radius 1 is 1.47 bits per heavy atom. The first-order valence-electron chi connectivity index (χ1n) is 6.17. The Morgan fingerprint density at radius 3 is 3.05 bits per heavy atom. The SMILES string of the molecule is Cc1cccc(CNC(=O)c2coc(CCN)n2)c1. The van der Waals surface area contributed by atoms with Gasteiger partial charge in [0, 0.05) is 19.5 Å². The van der Waals surface area contributed by atoms with Crippen LogP contribution in [0.3, 0.4) is 0 Å². The lowest BCUT2D eigenvalue weighted by Crippen LogP contribution is -2.23. The van der Waals surface area contributed by atoms with E-state index in [1.54, 1.807) is 0 Å². The van der Waals surface area contributed by atoms with Crippen LogP contribution in [0, 0.1) is 6.92 Å². The maximum absolute atomic E-state index is 11.9. The molecule has 0 radical (unpaired) electrons. The van der Waals surface area contributed by atoms with E-state index in [2.05, 4.69) is 10.3 Å². The molecule has 0 bridgehead atoms. The number of carbonyl (C=O) groups excluding carboxylic acids is 1. The quantitative estimate of drug-likeness (QED) is 0.850. The topological polar surface area (TPSA) is 81.2 Å². The normalized spacial score (nSPS) is 10.4. The number of amides is 1. The van der Waals surface area contributed by atoms with Crippen molar-refractivity contribution < 1.29 is 9.21 Å². The summed E-state index contributed by atoms with van der Waals surface area (Å²) in [6.07, 6.45) is 1.89. The molecule has 3 N–H and O–H groups in total. The highest BCUT2D eigenvalue weighted by Gasteiger charge is 2.11. The summed E-state index contributed by atoms with van der Waals surface area (Å²) in [5, 5.41) is 2.81. The lowest BCUT2D eigenvalue weighted by Gasteiger charge is -2.03. The van der Waals surface area contributed by atoms with Gasteiger partial charge in [0.1, 0.15) is 6.26 Å². The highest BCUT2D eigenvalue weighted by molar-refractivity contribution is 5.91. The summed E-state index contributed by atoms with van der Waals surface area (Å²) in [5.41, 5.74) is 7.90. The number of carbonyl (C=O) groups is 1. The molecule has 19 heavy (non-hydrogen) atoms. The van der Waals surface area contributed by atoms with E-state index in [0.29, 0.717) is 25.4 Å². The van der Waals surface area contributed by atoms with Crippen molar-refractivity contribution in [1.82, 2.24) is 10.3 Å². The largest absolute Gasteiger partial charge is 0.448 e. The Bertz CT molecular complexity index is 563. The summed E-state index contributed by atoms with van der Waals surface area (Å²) in [4.78, 5) is 15.9. The maximum atomic E-state index is 11.9. The molecule has 5 nitrogen and oxygen atoms in total. The Balaban J connectivity index is 1.93. The maximum Gasteiger partial charge on any atom is 0.273 e. The average Bonchev–Trinajstić information content (AvgIpc) is 2.85.